The highest BCUT2D eigenvalue weighted by Gasteiger charge is 2.22. The van der Waals surface area contributed by atoms with Crippen LogP contribution in [0.1, 0.15) is 11.1 Å². The Bertz CT molecular complexity index is 660. The molecule has 0 amide bonds. The molecule has 0 saturated heterocycles. The highest BCUT2D eigenvalue weighted by Crippen LogP contribution is 2.29. The van der Waals surface area contributed by atoms with E-state index in [0.29, 0.717) is 12.1 Å². The van der Waals surface area contributed by atoms with E-state index in [-0.39, 0.29) is 16.7 Å². The van der Waals surface area contributed by atoms with Gasteiger partial charge in [0.05, 0.1) is 11.5 Å². The number of hydrogen-bond acceptors (Lipinski definition) is 4. The Morgan fingerprint density at radius 3 is 2.86 bits per heavy atom. The molecule has 1 atom stereocenters. The molecule has 1 heterocycles. The van der Waals surface area contributed by atoms with Gasteiger partial charge in [-0.3, -0.25) is 10.1 Å². The third kappa shape index (κ3) is 2.67. The maximum atomic E-state index is 10.9. The third-order valence-corrected chi connectivity index (χ3v) is 3.74. The van der Waals surface area contributed by atoms with Gasteiger partial charge in [0, 0.05) is 23.7 Å². The zero-order chi connectivity index (χ0) is 14.8. The second kappa shape index (κ2) is 5.44. The summed E-state index contributed by atoms with van der Waals surface area (Å²) in [5.74, 6) is 0.931. The number of nitrogens with zero attached hydrogens (tertiary/aromatic N) is 1. The van der Waals surface area contributed by atoms with Gasteiger partial charge in [-0.05, 0) is 24.6 Å². The number of para-hydroxylation sites is 1. The summed E-state index contributed by atoms with van der Waals surface area (Å²) in [6.07, 6.45) is 0.915. The predicted octanol–water partition coefficient (Wildman–Crippen LogP) is 3.32. The fraction of sp³-hybridized carbons (Fsp3) is 0.250. The smallest absolute Gasteiger partial charge is 0.274 e. The standard InChI is InChI=1S/C16H16N2O3/c1-11-14(6-4-7-15(11)18(19)20)17-10-13-9-12-5-2-3-8-16(12)21-13/h2-8,13,17H,9-10H2,1H3. The Morgan fingerprint density at radius 2 is 2.10 bits per heavy atom. The molecule has 0 fully saturated rings. The van der Waals surface area contributed by atoms with Crippen molar-refractivity contribution in [2.24, 2.45) is 0 Å². The molecule has 2 aromatic carbocycles. The summed E-state index contributed by atoms with van der Waals surface area (Å²) in [5.41, 5.74) is 2.78. The van der Waals surface area contributed by atoms with Crippen molar-refractivity contribution >= 4 is 11.4 Å². The fourth-order valence-electron chi connectivity index (χ4n) is 2.60. The number of fused-ring (bicyclic) bond motifs is 1. The molecule has 5 nitrogen and oxygen atoms in total. The molecule has 0 spiro atoms. The molecule has 0 radical (unpaired) electrons. The Kier molecular flexibility index (Phi) is 3.48. The van der Waals surface area contributed by atoms with Crippen molar-refractivity contribution in [2.75, 3.05) is 11.9 Å². The lowest BCUT2D eigenvalue weighted by atomic mass is 10.1. The molecular formula is C16H16N2O3. The summed E-state index contributed by atoms with van der Waals surface area (Å²) in [4.78, 5) is 10.6. The summed E-state index contributed by atoms with van der Waals surface area (Å²) in [7, 11) is 0. The van der Waals surface area contributed by atoms with Gasteiger partial charge in [-0.25, -0.2) is 0 Å². The number of nitro benzene ring substituents is 1. The number of rotatable bonds is 4. The summed E-state index contributed by atoms with van der Waals surface area (Å²) in [5, 5.41) is 14.2. The molecule has 0 aromatic heterocycles. The van der Waals surface area contributed by atoms with E-state index < -0.39 is 0 Å². The largest absolute Gasteiger partial charge is 0.488 e. The molecule has 5 heteroatoms. The molecule has 21 heavy (non-hydrogen) atoms. The minimum absolute atomic E-state index is 0.0565. The molecule has 1 aliphatic heterocycles. The highest BCUT2D eigenvalue weighted by atomic mass is 16.6. The van der Waals surface area contributed by atoms with Crippen LogP contribution in [0.2, 0.25) is 0 Å². The van der Waals surface area contributed by atoms with Crippen LogP contribution in [0.3, 0.4) is 0 Å². The van der Waals surface area contributed by atoms with Crippen LogP contribution in [0, 0.1) is 17.0 Å². The maximum Gasteiger partial charge on any atom is 0.274 e. The number of anilines is 1. The molecule has 2 aromatic rings. The Labute approximate surface area is 122 Å². The Balaban J connectivity index is 1.67. The van der Waals surface area contributed by atoms with Crippen molar-refractivity contribution in [2.45, 2.75) is 19.4 Å². The van der Waals surface area contributed by atoms with E-state index in [9.17, 15) is 10.1 Å². The number of nitro groups is 1. The van der Waals surface area contributed by atoms with Crippen LogP contribution in [-0.2, 0) is 6.42 Å². The second-order valence-corrected chi connectivity index (χ2v) is 5.14. The Hall–Kier alpha value is -2.56. The molecule has 108 valence electrons. The van der Waals surface area contributed by atoms with E-state index in [1.54, 1.807) is 13.0 Å². The zero-order valence-electron chi connectivity index (χ0n) is 11.7. The SMILES string of the molecule is Cc1c(NCC2Cc3ccccc3O2)cccc1[N+](=O)[O-]. The lowest BCUT2D eigenvalue weighted by Crippen LogP contribution is -2.24. The number of ether oxygens (including phenoxy) is 1. The molecular weight excluding hydrogens is 268 g/mol. The lowest BCUT2D eigenvalue weighted by molar-refractivity contribution is -0.385. The molecule has 0 aliphatic carbocycles. The van der Waals surface area contributed by atoms with Gasteiger partial charge in [0.1, 0.15) is 11.9 Å². The van der Waals surface area contributed by atoms with Gasteiger partial charge in [-0.1, -0.05) is 24.3 Å². The van der Waals surface area contributed by atoms with Gasteiger partial charge in [-0.2, -0.15) is 0 Å². The van der Waals surface area contributed by atoms with Crippen LogP contribution in [0.4, 0.5) is 11.4 Å². The van der Waals surface area contributed by atoms with Crippen LogP contribution in [0.15, 0.2) is 42.5 Å². The first-order chi connectivity index (χ1) is 10.1. The van der Waals surface area contributed by atoms with E-state index in [4.69, 9.17) is 4.74 Å². The highest BCUT2D eigenvalue weighted by molar-refractivity contribution is 5.59. The fourth-order valence-corrected chi connectivity index (χ4v) is 2.60. The van der Waals surface area contributed by atoms with E-state index in [2.05, 4.69) is 11.4 Å². The van der Waals surface area contributed by atoms with Gasteiger partial charge in [-0.15, -0.1) is 0 Å². The van der Waals surface area contributed by atoms with Crippen LogP contribution in [-0.4, -0.2) is 17.6 Å². The van der Waals surface area contributed by atoms with Gasteiger partial charge in [0.15, 0.2) is 0 Å². The van der Waals surface area contributed by atoms with Gasteiger partial charge >= 0.3 is 0 Å². The maximum absolute atomic E-state index is 10.9. The lowest BCUT2D eigenvalue weighted by Gasteiger charge is -2.14. The molecule has 3 rings (SSSR count). The average molecular weight is 284 g/mol. The summed E-state index contributed by atoms with van der Waals surface area (Å²) < 4.78 is 5.85. The monoisotopic (exact) mass is 284 g/mol. The van der Waals surface area contributed by atoms with Crippen molar-refractivity contribution in [3.05, 3.63) is 63.7 Å². The van der Waals surface area contributed by atoms with Crippen molar-refractivity contribution in [3.8, 4) is 5.75 Å². The van der Waals surface area contributed by atoms with Crippen molar-refractivity contribution in [3.63, 3.8) is 0 Å². The van der Waals surface area contributed by atoms with Crippen molar-refractivity contribution < 1.29 is 9.66 Å². The van der Waals surface area contributed by atoms with E-state index in [1.165, 1.54) is 11.6 Å². The summed E-state index contributed by atoms with van der Waals surface area (Å²) in [6, 6.07) is 13.1. The molecule has 1 unspecified atom stereocenters. The average Bonchev–Trinajstić information content (AvgIpc) is 2.88. The van der Waals surface area contributed by atoms with Crippen LogP contribution >= 0.6 is 0 Å². The quantitative estimate of drug-likeness (QED) is 0.691. The molecule has 0 saturated carbocycles. The number of hydrogen-bond donors (Lipinski definition) is 1. The molecule has 1 aliphatic rings. The van der Waals surface area contributed by atoms with Gasteiger partial charge < -0.3 is 10.1 Å². The third-order valence-electron chi connectivity index (χ3n) is 3.74. The first-order valence-corrected chi connectivity index (χ1v) is 6.87. The van der Waals surface area contributed by atoms with Crippen molar-refractivity contribution in [1.82, 2.24) is 0 Å². The van der Waals surface area contributed by atoms with Crippen LogP contribution < -0.4 is 10.1 Å². The van der Waals surface area contributed by atoms with E-state index in [1.807, 2.05) is 24.3 Å². The second-order valence-electron chi connectivity index (χ2n) is 5.14. The predicted molar refractivity (Wildman–Crippen MR) is 80.9 cm³/mol. The topological polar surface area (TPSA) is 64.4 Å². The van der Waals surface area contributed by atoms with Crippen LogP contribution in [0.5, 0.6) is 5.75 Å². The van der Waals surface area contributed by atoms with Crippen LogP contribution in [0.25, 0.3) is 0 Å². The van der Waals surface area contributed by atoms with Gasteiger partial charge in [0.2, 0.25) is 0 Å². The van der Waals surface area contributed by atoms with E-state index >= 15 is 0 Å². The summed E-state index contributed by atoms with van der Waals surface area (Å²) >= 11 is 0. The summed E-state index contributed by atoms with van der Waals surface area (Å²) in [6.45, 7) is 2.38. The number of nitrogens with one attached hydrogen (secondary N) is 1. The molecule has 1 N–H and O–H groups in total. The Morgan fingerprint density at radius 1 is 1.29 bits per heavy atom. The van der Waals surface area contributed by atoms with E-state index in [0.717, 1.165) is 17.9 Å². The normalized spacial score (nSPS) is 16.1. The minimum Gasteiger partial charge on any atom is -0.488 e. The number of benzene rings is 2. The minimum atomic E-state index is -0.359. The molecule has 0 bridgehead atoms. The van der Waals surface area contributed by atoms with Gasteiger partial charge in [0.25, 0.3) is 5.69 Å². The zero-order valence-corrected chi connectivity index (χ0v) is 11.7. The first-order valence-electron chi connectivity index (χ1n) is 6.87. The first kappa shape index (κ1) is 13.4. The van der Waals surface area contributed by atoms with Crippen molar-refractivity contribution in [1.29, 1.82) is 0 Å².